The highest BCUT2D eigenvalue weighted by Gasteiger charge is 1.86. The molecule has 54 valence electrons. The molecule has 9 heavy (non-hydrogen) atoms. The van der Waals surface area contributed by atoms with Gasteiger partial charge in [0.25, 0.3) is 6.08 Å². The van der Waals surface area contributed by atoms with Gasteiger partial charge in [0, 0.05) is 0 Å². The van der Waals surface area contributed by atoms with Gasteiger partial charge >= 0.3 is 0 Å². The van der Waals surface area contributed by atoms with Crippen LogP contribution in [0.3, 0.4) is 0 Å². The highest BCUT2D eigenvalue weighted by atomic mass is 32.1. The Hall–Kier alpha value is -0.0500. The minimum absolute atomic E-state index is 0.475. The molecule has 0 aliphatic rings. The lowest BCUT2D eigenvalue weighted by atomic mass is 10.2. The Morgan fingerprint density at radius 3 is 2.44 bits per heavy atom. The van der Waals surface area contributed by atoms with Gasteiger partial charge in [0.1, 0.15) is 0 Å². The molecule has 0 rings (SSSR count). The van der Waals surface area contributed by atoms with E-state index < -0.39 is 6.08 Å². The highest BCUT2D eigenvalue weighted by molar-refractivity contribution is 7.80. The molecule has 0 aromatic carbocycles. The molecule has 0 bridgehead atoms. The maximum Gasteiger partial charge on any atom is 0.266 e. The molecular formula is C6H10F2S. The Morgan fingerprint density at radius 1 is 1.33 bits per heavy atom. The van der Waals surface area contributed by atoms with Crippen LogP contribution in [0.25, 0.3) is 0 Å². The number of hydrogen-bond acceptors (Lipinski definition) is 1. The predicted octanol–water partition coefficient (Wildman–Crippen LogP) is 2.87. The van der Waals surface area contributed by atoms with Gasteiger partial charge in [-0.3, -0.25) is 0 Å². The highest BCUT2D eigenvalue weighted by Crippen LogP contribution is 2.03. The minimum Gasteiger partial charge on any atom is -0.179 e. The van der Waals surface area contributed by atoms with Crippen LogP contribution in [0.5, 0.6) is 0 Å². The maximum atomic E-state index is 11.3. The van der Waals surface area contributed by atoms with Crippen molar-refractivity contribution in [3.63, 3.8) is 0 Å². The molecule has 0 heterocycles. The van der Waals surface area contributed by atoms with Gasteiger partial charge in [-0.05, 0) is 31.1 Å². The van der Waals surface area contributed by atoms with Crippen molar-refractivity contribution in [2.75, 3.05) is 5.75 Å². The molecule has 0 saturated heterocycles. The SMILES string of the molecule is FC(F)=CCCCCS. The third-order valence-electron chi connectivity index (χ3n) is 0.911. The van der Waals surface area contributed by atoms with Crippen molar-refractivity contribution >= 4 is 12.6 Å². The van der Waals surface area contributed by atoms with Crippen molar-refractivity contribution in [2.24, 2.45) is 0 Å². The summed E-state index contributed by atoms with van der Waals surface area (Å²) in [4.78, 5) is 0. The average molecular weight is 152 g/mol. The summed E-state index contributed by atoms with van der Waals surface area (Å²) in [5.41, 5.74) is 0. The van der Waals surface area contributed by atoms with Crippen LogP contribution in [-0.4, -0.2) is 5.75 Å². The fraction of sp³-hybridized carbons (Fsp3) is 0.667. The van der Waals surface area contributed by atoms with Crippen molar-refractivity contribution in [1.82, 2.24) is 0 Å². The second-order valence-corrected chi connectivity index (χ2v) is 2.16. The van der Waals surface area contributed by atoms with E-state index in [0.29, 0.717) is 6.42 Å². The van der Waals surface area contributed by atoms with E-state index in [9.17, 15) is 8.78 Å². The second kappa shape index (κ2) is 6.08. The van der Waals surface area contributed by atoms with Crippen LogP contribution in [-0.2, 0) is 0 Å². The molecule has 0 spiro atoms. The fourth-order valence-electron chi connectivity index (χ4n) is 0.467. The fourth-order valence-corrected chi connectivity index (χ4v) is 0.691. The Kier molecular flexibility index (Phi) is 6.04. The van der Waals surface area contributed by atoms with E-state index in [1.807, 2.05) is 0 Å². The van der Waals surface area contributed by atoms with Gasteiger partial charge in [-0.15, -0.1) is 0 Å². The van der Waals surface area contributed by atoms with Crippen LogP contribution >= 0.6 is 12.6 Å². The molecule has 0 nitrogen and oxygen atoms in total. The van der Waals surface area contributed by atoms with Gasteiger partial charge < -0.3 is 0 Å². The molecule has 0 aliphatic heterocycles. The first-order valence-electron chi connectivity index (χ1n) is 2.89. The van der Waals surface area contributed by atoms with Crippen LogP contribution in [0, 0.1) is 0 Å². The topological polar surface area (TPSA) is 0 Å². The number of rotatable bonds is 4. The number of halogens is 2. The summed E-state index contributed by atoms with van der Waals surface area (Å²) in [6.07, 6.45) is 1.56. The number of hydrogen-bond donors (Lipinski definition) is 1. The number of thiol groups is 1. The molecule has 3 heteroatoms. The second-order valence-electron chi connectivity index (χ2n) is 1.71. The first kappa shape index (κ1) is 8.95. The minimum atomic E-state index is -1.57. The largest absolute Gasteiger partial charge is 0.266 e. The van der Waals surface area contributed by atoms with Crippen molar-refractivity contribution in [1.29, 1.82) is 0 Å². The maximum absolute atomic E-state index is 11.3. The third kappa shape index (κ3) is 7.95. The Balaban J connectivity index is 3.00. The van der Waals surface area contributed by atoms with E-state index in [0.717, 1.165) is 24.7 Å². The Bertz CT molecular complexity index is 87.1. The summed E-state index contributed by atoms with van der Waals surface area (Å²) in [7, 11) is 0. The van der Waals surface area contributed by atoms with Gasteiger partial charge in [0.2, 0.25) is 0 Å². The summed E-state index contributed by atoms with van der Waals surface area (Å²) in [6, 6.07) is 0. The number of unbranched alkanes of at least 4 members (excludes halogenated alkanes) is 2. The third-order valence-corrected chi connectivity index (χ3v) is 1.23. The van der Waals surface area contributed by atoms with Crippen molar-refractivity contribution in [3.05, 3.63) is 12.2 Å². The quantitative estimate of drug-likeness (QED) is 0.464. The van der Waals surface area contributed by atoms with Gasteiger partial charge in [-0.2, -0.15) is 21.4 Å². The van der Waals surface area contributed by atoms with Crippen molar-refractivity contribution in [2.45, 2.75) is 19.3 Å². The molecule has 0 aromatic heterocycles. The Morgan fingerprint density at radius 2 is 2.00 bits per heavy atom. The first-order chi connectivity index (χ1) is 4.27. The van der Waals surface area contributed by atoms with E-state index in [1.165, 1.54) is 0 Å². The van der Waals surface area contributed by atoms with Crippen molar-refractivity contribution in [3.8, 4) is 0 Å². The molecular weight excluding hydrogens is 142 g/mol. The molecule has 0 atom stereocenters. The lowest BCUT2D eigenvalue weighted by Gasteiger charge is -1.88. The standard InChI is InChI=1S/C6H10F2S/c7-6(8)4-2-1-3-5-9/h4,9H,1-3,5H2. The lowest BCUT2D eigenvalue weighted by molar-refractivity contribution is 0.417. The smallest absolute Gasteiger partial charge is 0.179 e. The monoisotopic (exact) mass is 152 g/mol. The summed E-state index contributed by atoms with van der Waals surface area (Å²) in [6.45, 7) is 0. The molecule has 0 aliphatic carbocycles. The zero-order valence-corrected chi connectivity index (χ0v) is 6.00. The molecule has 0 fully saturated rings. The normalized spacial score (nSPS) is 9.22. The zero-order chi connectivity index (χ0) is 7.11. The molecule has 0 amide bonds. The Labute approximate surface area is 59.4 Å². The van der Waals surface area contributed by atoms with E-state index in [4.69, 9.17) is 0 Å². The average Bonchev–Trinajstić information content (AvgIpc) is 1.80. The van der Waals surface area contributed by atoms with E-state index >= 15 is 0 Å². The summed E-state index contributed by atoms with van der Waals surface area (Å²) >= 11 is 3.94. The van der Waals surface area contributed by atoms with Crippen molar-refractivity contribution < 1.29 is 8.78 Å². The number of allylic oxidation sites excluding steroid dienone is 1. The molecule has 0 radical (unpaired) electrons. The zero-order valence-electron chi connectivity index (χ0n) is 5.11. The van der Waals surface area contributed by atoms with Crippen LogP contribution in [0.4, 0.5) is 8.78 Å². The predicted molar refractivity (Wildman–Crippen MR) is 38.0 cm³/mol. The van der Waals surface area contributed by atoms with Crippen LogP contribution in [0.2, 0.25) is 0 Å². The molecule has 0 N–H and O–H groups in total. The molecule has 0 aromatic rings. The van der Waals surface area contributed by atoms with E-state index in [2.05, 4.69) is 12.6 Å². The van der Waals surface area contributed by atoms with Gasteiger partial charge in [-0.25, -0.2) is 0 Å². The first-order valence-corrected chi connectivity index (χ1v) is 3.52. The van der Waals surface area contributed by atoms with Gasteiger partial charge in [-0.1, -0.05) is 0 Å². The molecule has 0 saturated carbocycles. The summed E-state index contributed by atoms with van der Waals surface area (Å²) < 4.78 is 22.6. The van der Waals surface area contributed by atoms with Crippen LogP contribution in [0.1, 0.15) is 19.3 Å². The van der Waals surface area contributed by atoms with Gasteiger partial charge in [0.15, 0.2) is 0 Å². The summed E-state index contributed by atoms with van der Waals surface area (Å²) in [5, 5.41) is 0. The van der Waals surface area contributed by atoms with E-state index in [1.54, 1.807) is 0 Å². The lowest BCUT2D eigenvalue weighted by Crippen LogP contribution is -1.74. The van der Waals surface area contributed by atoms with Crippen LogP contribution < -0.4 is 0 Å². The van der Waals surface area contributed by atoms with Crippen LogP contribution in [0.15, 0.2) is 12.2 Å². The van der Waals surface area contributed by atoms with Gasteiger partial charge in [0.05, 0.1) is 0 Å². The van der Waals surface area contributed by atoms with E-state index in [-0.39, 0.29) is 0 Å². The summed E-state index contributed by atoms with van der Waals surface area (Å²) in [5.74, 6) is 0.780. The molecule has 0 unspecified atom stereocenters.